The van der Waals surface area contributed by atoms with Gasteiger partial charge in [-0.05, 0) is 38.8 Å². The number of hydrogen-bond acceptors (Lipinski definition) is 6. The molecule has 8 nitrogen and oxygen atoms in total. The zero-order valence-electron chi connectivity index (χ0n) is 18.8. The third kappa shape index (κ3) is 4.84. The first-order valence-corrected chi connectivity index (χ1v) is 11.1. The topological polar surface area (TPSA) is 83.6 Å². The van der Waals surface area contributed by atoms with Crippen molar-refractivity contribution in [2.24, 2.45) is 5.41 Å². The zero-order valence-corrected chi connectivity index (χ0v) is 18.8. The van der Waals surface area contributed by atoms with Crippen molar-refractivity contribution in [3.63, 3.8) is 0 Å². The first kappa shape index (κ1) is 21.6. The number of piperidine rings is 1. The lowest BCUT2D eigenvalue weighted by atomic mass is 9.79. The average molecular weight is 428 g/mol. The molecule has 2 saturated heterocycles. The molecular formula is C23H33N5O3. The maximum absolute atomic E-state index is 12.8. The summed E-state index contributed by atoms with van der Waals surface area (Å²) in [6.45, 7) is 6.49. The van der Waals surface area contributed by atoms with Gasteiger partial charge in [-0.2, -0.15) is 5.10 Å². The Bertz CT molecular complexity index is 914. The summed E-state index contributed by atoms with van der Waals surface area (Å²) in [6, 6.07) is 6.06. The molecule has 1 atom stereocenters. The van der Waals surface area contributed by atoms with Gasteiger partial charge >= 0.3 is 0 Å². The highest BCUT2D eigenvalue weighted by molar-refractivity contribution is 5.76. The number of amides is 1. The summed E-state index contributed by atoms with van der Waals surface area (Å²) in [5, 5.41) is 6.98. The molecule has 1 aromatic carbocycles. The number of aromatic nitrogens is 3. The largest absolute Gasteiger partial charge is 0.493 e. The van der Waals surface area contributed by atoms with Gasteiger partial charge in [0.15, 0.2) is 17.3 Å². The van der Waals surface area contributed by atoms with Crippen molar-refractivity contribution in [3.8, 4) is 11.5 Å². The van der Waals surface area contributed by atoms with E-state index in [0.29, 0.717) is 12.8 Å². The van der Waals surface area contributed by atoms with Gasteiger partial charge in [0.2, 0.25) is 5.91 Å². The fourth-order valence-electron chi connectivity index (χ4n) is 5.12. The molecule has 4 rings (SSSR count). The van der Waals surface area contributed by atoms with E-state index in [9.17, 15) is 4.79 Å². The Morgan fingerprint density at radius 3 is 2.81 bits per heavy atom. The van der Waals surface area contributed by atoms with Crippen molar-refractivity contribution in [1.29, 1.82) is 0 Å². The molecule has 8 heteroatoms. The summed E-state index contributed by atoms with van der Waals surface area (Å²) in [5.74, 6) is 3.31. The van der Waals surface area contributed by atoms with Gasteiger partial charge in [0.25, 0.3) is 0 Å². The first-order valence-electron chi connectivity index (χ1n) is 11.1. The fourth-order valence-corrected chi connectivity index (χ4v) is 5.12. The molecule has 1 N–H and O–H groups in total. The first-order chi connectivity index (χ1) is 15.0. The Kier molecular flexibility index (Phi) is 6.46. The molecular weight excluding hydrogens is 394 g/mol. The van der Waals surface area contributed by atoms with E-state index in [1.807, 2.05) is 19.1 Å². The summed E-state index contributed by atoms with van der Waals surface area (Å²) in [5.41, 5.74) is 1.34. The minimum atomic E-state index is 0.196. The SMILES string of the molecule is COc1cccc(CN2CCC[C@]3(CCN(C(=O)CCc4n[nH]c(C)n4)C3)C2)c1OC. The Hall–Kier alpha value is -2.61. The van der Waals surface area contributed by atoms with Gasteiger partial charge in [0.1, 0.15) is 5.82 Å². The molecule has 2 aliphatic rings. The van der Waals surface area contributed by atoms with Gasteiger partial charge in [0, 0.05) is 50.0 Å². The lowest BCUT2D eigenvalue weighted by molar-refractivity contribution is -0.130. The van der Waals surface area contributed by atoms with E-state index in [4.69, 9.17) is 9.47 Å². The van der Waals surface area contributed by atoms with Crippen LogP contribution < -0.4 is 9.47 Å². The summed E-state index contributed by atoms with van der Waals surface area (Å²) in [4.78, 5) is 21.7. The van der Waals surface area contributed by atoms with Crippen LogP contribution in [0.2, 0.25) is 0 Å². The zero-order chi connectivity index (χ0) is 21.8. The lowest BCUT2D eigenvalue weighted by Gasteiger charge is -2.40. The molecule has 31 heavy (non-hydrogen) atoms. The van der Waals surface area contributed by atoms with Crippen molar-refractivity contribution >= 4 is 5.91 Å². The van der Waals surface area contributed by atoms with Crippen LogP contribution in [0.3, 0.4) is 0 Å². The molecule has 1 aromatic heterocycles. The van der Waals surface area contributed by atoms with E-state index in [0.717, 1.165) is 74.3 Å². The molecule has 0 bridgehead atoms. The standard InChI is InChI=1S/C23H33N5O3/c1-17-24-20(26-25-17)8-9-21(29)28-13-11-23(16-28)10-5-12-27(15-23)14-18-6-4-7-19(30-2)22(18)31-3/h4,6-7H,5,8-16H2,1-3H3,(H,24,25,26)/t23-/m0/s1. The predicted molar refractivity (Wildman–Crippen MR) is 117 cm³/mol. The van der Waals surface area contributed by atoms with E-state index in [1.165, 1.54) is 6.42 Å². The maximum Gasteiger partial charge on any atom is 0.223 e. The summed E-state index contributed by atoms with van der Waals surface area (Å²) in [6.07, 6.45) is 4.48. The molecule has 2 fully saturated rings. The Labute approximate surface area is 183 Å². The normalized spacial score (nSPS) is 21.6. The Balaban J connectivity index is 1.35. The van der Waals surface area contributed by atoms with Crippen LogP contribution in [-0.2, 0) is 17.8 Å². The summed E-state index contributed by atoms with van der Waals surface area (Å²) >= 11 is 0. The third-order valence-corrected chi connectivity index (χ3v) is 6.62. The third-order valence-electron chi connectivity index (χ3n) is 6.62. The maximum atomic E-state index is 12.8. The summed E-state index contributed by atoms with van der Waals surface area (Å²) < 4.78 is 11.1. The quantitative estimate of drug-likeness (QED) is 0.731. The van der Waals surface area contributed by atoms with Crippen LogP contribution in [0.25, 0.3) is 0 Å². The second-order valence-electron chi connectivity index (χ2n) is 8.87. The molecule has 0 radical (unpaired) electrons. The van der Waals surface area contributed by atoms with Crippen molar-refractivity contribution in [2.45, 2.75) is 45.6 Å². The van der Waals surface area contributed by atoms with Crippen LogP contribution in [-0.4, -0.2) is 71.3 Å². The van der Waals surface area contributed by atoms with Gasteiger partial charge in [-0.3, -0.25) is 14.8 Å². The number of methoxy groups -OCH3 is 2. The number of para-hydroxylation sites is 1. The lowest BCUT2D eigenvalue weighted by Crippen LogP contribution is -2.45. The molecule has 0 aliphatic carbocycles. The van der Waals surface area contributed by atoms with Crippen LogP contribution in [0.5, 0.6) is 11.5 Å². The molecule has 0 unspecified atom stereocenters. The van der Waals surface area contributed by atoms with Crippen LogP contribution in [0.1, 0.15) is 42.9 Å². The molecule has 3 heterocycles. The predicted octanol–water partition coefficient (Wildman–Crippen LogP) is 2.58. The minimum absolute atomic E-state index is 0.196. The van der Waals surface area contributed by atoms with Gasteiger partial charge < -0.3 is 14.4 Å². The second kappa shape index (κ2) is 9.26. The number of rotatable bonds is 7. The van der Waals surface area contributed by atoms with E-state index < -0.39 is 0 Å². The van der Waals surface area contributed by atoms with E-state index in [-0.39, 0.29) is 11.3 Å². The van der Waals surface area contributed by atoms with Crippen molar-refractivity contribution in [2.75, 3.05) is 40.4 Å². The highest BCUT2D eigenvalue weighted by Crippen LogP contribution is 2.40. The number of likely N-dealkylation sites (tertiary alicyclic amines) is 2. The monoisotopic (exact) mass is 427 g/mol. The highest BCUT2D eigenvalue weighted by Gasteiger charge is 2.42. The van der Waals surface area contributed by atoms with Crippen LogP contribution in [0.4, 0.5) is 0 Å². The number of aromatic amines is 1. The van der Waals surface area contributed by atoms with Gasteiger partial charge in [-0.25, -0.2) is 4.98 Å². The molecule has 168 valence electrons. The number of benzene rings is 1. The number of nitrogens with zero attached hydrogens (tertiary/aromatic N) is 4. The van der Waals surface area contributed by atoms with Crippen molar-refractivity contribution < 1.29 is 14.3 Å². The molecule has 2 aliphatic heterocycles. The van der Waals surface area contributed by atoms with Crippen molar-refractivity contribution in [1.82, 2.24) is 25.0 Å². The number of carbonyl (C=O) groups is 1. The van der Waals surface area contributed by atoms with Crippen LogP contribution >= 0.6 is 0 Å². The number of nitrogens with one attached hydrogen (secondary N) is 1. The van der Waals surface area contributed by atoms with E-state index in [2.05, 4.69) is 31.0 Å². The number of hydrogen-bond donors (Lipinski definition) is 1. The van der Waals surface area contributed by atoms with E-state index >= 15 is 0 Å². The minimum Gasteiger partial charge on any atom is -0.493 e. The van der Waals surface area contributed by atoms with Crippen molar-refractivity contribution in [3.05, 3.63) is 35.4 Å². The number of carbonyl (C=O) groups excluding carboxylic acids is 1. The van der Waals surface area contributed by atoms with Gasteiger partial charge in [0.05, 0.1) is 14.2 Å². The van der Waals surface area contributed by atoms with Gasteiger partial charge in [-0.1, -0.05) is 12.1 Å². The fraction of sp³-hybridized carbons (Fsp3) is 0.609. The number of ether oxygens (including phenoxy) is 2. The smallest absolute Gasteiger partial charge is 0.223 e. The number of H-pyrrole nitrogens is 1. The highest BCUT2D eigenvalue weighted by atomic mass is 16.5. The van der Waals surface area contributed by atoms with Crippen LogP contribution in [0, 0.1) is 12.3 Å². The van der Waals surface area contributed by atoms with E-state index in [1.54, 1.807) is 14.2 Å². The second-order valence-corrected chi connectivity index (χ2v) is 8.87. The Morgan fingerprint density at radius 2 is 2.06 bits per heavy atom. The number of aryl methyl sites for hydroxylation is 2. The average Bonchev–Trinajstić information content (AvgIpc) is 3.38. The van der Waals surface area contributed by atoms with Crippen LogP contribution in [0.15, 0.2) is 18.2 Å². The molecule has 1 amide bonds. The molecule has 1 spiro atoms. The molecule has 2 aromatic rings. The summed E-state index contributed by atoms with van der Waals surface area (Å²) in [7, 11) is 3.37. The Morgan fingerprint density at radius 1 is 1.19 bits per heavy atom. The molecule has 0 saturated carbocycles. The van der Waals surface area contributed by atoms with Gasteiger partial charge in [-0.15, -0.1) is 0 Å².